The quantitative estimate of drug-likeness (QED) is 0.134. The predicted octanol–water partition coefficient (Wildman–Crippen LogP) is 21.6. The van der Waals surface area contributed by atoms with Gasteiger partial charge in [0, 0.05) is 89.8 Å². The molecule has 7 heteroatoms. The van der Waals surface area contributed by atoms with E-state index in [4.69, 9.17) is 4.42 Å². The molecule has 0 saturated carbocycles. The Balaban J connectivity index is 1.03. The van der Waals surface area contributed by atoms with E-state index < -0.39 is 0 Å². The van der Waals surface area contributed by atoms with Crippen molar-refractivity contribution in [3.8, 4) is 5.69 Å². The Kier molecular flexibility index (Phi) is 12.9. The van der Waals surface area contributed by atoms with Crippen LogP contribution >= 0.6 is 0 Å². The van der Waals surface area contributed by atoms with Crippen LogP contribution in [0.5, 0.6) is 0 Å². The van der Waals surface area contributed by atoms with E-state index in [1.807, 2.05) is 6.07 Å². The van der Waals surface area contributed by atoms with Crippen LogP contribution in [0.15, 0.2) is 277 Å². The molecule has 2 aromatic heterocycles. The third-order valence-corrected chi connectivity index (χ3v) is 19.0. The maximum Gasteiger partial charge on any atom is 0.252 e. The Morgan fingerprint density at radius 1 is 0.297 bits per heavy atom. The molecule has 2 aliphatic rings. The SMILES string of the molecule is CC(C)(C)c1ccc(N(c2ccc3c(c2)N(c2ccc(C(C)(C)C)cc2)c2cc(N(c4ccccc4)c4ccccc4)cc4c2B3c2cc3c5ccccc5n(-c5ccccc5)c3cc2N4c2ccc(C(C)(C)C)cc2)c2ccc3oc4ccccc4c3c2)cc1. The summed E-state index contributed by atoms with van der Waals surface area (Å²) in [7, 11) is 0. The molecular formula is C84H72BN5O. The summed E-state index contributed by atoms with van der Waals surface area (Å²) < 4.78 is 8.96. The van der Waals surface area contributed by atoms with Crippen LogP contribution in [0.4, 0.5) is 68.2 Å². The summed E-state index contributed by atoms with van der Waals surface area (Å²) in [6.45, 7) is 20.5. The van der Waals surface area contributed by atoms with Crippen molar-refractivity contribution in [3.05, 3.63) is 290 Å². The monoisotopic (exact) mass is 1180 g/mol. The van der Waals surface area contributed by atoms with Crippen molar-refractivity contribution in [2.75, 3.05) is 19.6 Å². The van der Waals surface area contributed by atoms with Gasteiger partial charge in [-0.1, -0.05) is 202 Å². The average Bonchev–Trinajstić information content (AvgIpc) is 1.44. The first-order valence-corrected chi connectivity index (χ1v) is 32.0. The molecule has 442 valence electrons. The lowest BCUT2D eigenvalue weighted by Crippen LogP contribution is -2.61. The Bertz CT molecular complexity index is 5070. The fourth-order valence-corrected chi connectivity index (χ4v) is 14.3. The van der Waals surface area contributed by atoms with Crippen LogP contribution in [0, 0.1) is 0 Å². The van der Waals surface area contributed by atoms with Gasteiger partial charge in [0.05, 0.1) is 16.7 Å². The van der Waals surface area contributed by atoms with Crippen LogP contribution in [0.1, 0.15) is 79.0 Å². The summed E-state index contributed by atoms with van der Waals surface area (Å²) in [6.07, 6.45) is 0. The number of para-hydroxylation sites is 5. The van der Waals surface area contributed by atoms with Crippen molar-refractivity contribution in [2.45, 2.75) is 78.6 Å². The molecule has 0 amide bonds. The van der Waals surface area contributed by atoms with Crippen molar-refractivity contribution >= 4 is 135 Å². The molecule has 6 nitrogen and oxygen atoms in total. The molecule has 0 saturated heterocycles. The van der Waals surface area contributed by atoms with E-state index in [-0.39, 0.29) is 23.0 Å². The van der Waals surface area contributed by atoms with Gasteiger partial charge in [-0.05, 0) is 183 Å². The number of anilines is 12. The van der Waals surface area contributed by atoms with E-state index in [9.17, 15) is 0 Å². The lowest BCUT2D eigenvalue weighted by Gasteiger charge is -2.45. The summed E-state index contributed by atoms with van der Waals surface area (Å²) in [4.78, 5) is 10.0. The Morgan fingerprint density at radius 2 is 0.736 bits per heavy atom. The summed E-state index contributed by atoms with van der Waals surface area (Å²) in [5.74, 6) is 0. The van der Waals surface area contributed by atoms with E-state index >= 15 is 0 Å². The summed E-state index contributed by atoms with van der Waals surface area (Å²) >= 11 is 0. The molecular weight excluding hydrogens is 1110 g/mol. The summed E-state index contributed by atoms with van der Waals surface area (Å²) in [5, 5.41) is 4.61. The van der Waals surface area contributed by atoms with Gasteiger partial charge >= 0.3 is 0 Å². The van der Waals surface area contributed by atoms with Gasteiger partial charge in [0.15, 0.2) is 0 Å². The smallest absolute Gasteiger partial charge is 0.252 e. The lowest BCUT2D eigenvalue weighted by atomic mass is 9.33. The van der Waals surface area contributed by atoms with Gasteiger partial charge in [-0.3, -0.25) is 0 Å². The zero-order valence-electron chi connectivity index (χ0n) is 53.2. The molecule has 0 unspecified atom stereocenters. The van der Waals surface area contributed by atoms with E-state index in [0.717, 1.165) is 101 Å². The normalized spacial score (nSPS) is 13.0. The van der Waals surface area contributed by atoms with Gasteiger partial charge in [0.1, 0.15) is 11.2 Å². The second-order valence-corrected chi connectivity index (χ2v) is 27.9. The van der Waals surface area contributed by atoms with Gasteiger partial charge in [0.2, 0.25) is 0 Å². The molecule has 16 rings (SSSR count). The maximum atomic E-state index is 6.50. The third kappa shape index (κ3) is 9.39. The molecule has 2 aliphatic heterocycles. The molecule has 0 fully saturated rings. The van der Waals surface area contributed by atoms with Crippen molar-refractivity contribution in [3.63, 3.8) is 0 Å². The molecule has 91 heavy (non-hydrogen) atoms. The molecule has 0 radical (unpaired) electrons. The molecule has 12 aromatic carbocycles. The third-order valence-electron chi connectivity index (χ3n) is 19.0. The highest BCUT2D eigenvalue weighted by Crippen LogP contribution is 2.51. The minimum absolute atomic E-state index is 0.0295. The van der Waals surface area contributed by atoms with E-state index in [1.165, 1.54) is 49.4 Å². The molecule has 4 heterocycles. The fourth-order valence-electron chi connectivity index (χ4n) is 14.3. The number of hydrogen-bond donors (Lipinski definition) is 0. The standard InChI is InChI=1S/C84H72BN5O/c1-82(2,3)55-33-39-61(40-34-55)87(64-46-48-80-70(49-64)68-30-20-22-32-79(68)91-80)65-45-47-71-75(50-65)89(62-41-35-56(36-42-62)83(4,5)6)77-51-66(86(58-23-13-10-14-24-58)59-25-15-11-16-26-59)52-78-81(77)85(71)72-53-69-67-29-19-21-31-73(67)88(60-27-17-12-18-28-60)74(69)54-76(72)90(78)63-43-37-57(38-44-63)84(7,8)9/h10-54H,1-9H3. The first-order valence-electron chi connectivity index (χ1n) is 32.0. The highest BCUT2D eigenvalue weighted by molar-refractivity contribution is 7.00. The molecule has 14 aromatic rings. The minimum Gasteiger partial charge on any atom is -0.456 e. The zero-order chi connectivity index (χ0) is 62.1. The molecule has 0 bridgehead atoms. The first kappa shape index (κ1) is 55.8. The van der Waals surface area contributed by atoms with E-state index in [1.54, 1.807) is 0 Å². The second-order valence-electron chi connectivity index (χ2n) is 27.9. The zero-order valence-corrected chi connectivity index (χ0v) is 53.2. The fraction of sp³-hybridized carbons (Fsp3) is 0.143. The second kappa shape index (κ2) is 21.1. The van der Waals surface area contributed by atoms with E-state index in [2.05, 4.69) is 353 Å². The van der Waals surface area contributed by atoms with Gasteiger partial charge in [-0.25, -0.2) is 0 Å². The molecule has 0 atom stereocenters. The van der Waals surface area contributed by atoms with Crippen molar-refractivity contribution in [1.29, 1.82) is 0 Å². The van der Waals surface area contributed by atoms with Crippen molar-refractivity contribution in [1.82, 2.24) is 4.57 Å². The highest BCUT2D eigenvalue weighted by atomic mass is 16.3. The highest BCUT2D eigenvalue weighted by Gasteiger charge is 2.45. The largest absolute Gasteiger partial charge is 0.456 e. The Hall–Kier alpha value is -10.5. The molecule has 0 spiro atoms. The summed E-state index contributed by atoms with van der Waals surface area (Å²) in [5.41, 5.74) is 25.6. The number of rotatable bonds is 9. The first-order chi connectivity index (χ1) is 44.0. The Labute approximate surface area is 534 Å². The van der Waals surface area contributed by atoms with Crippen LogP contribution in [0.25, 0.3) is 49.4 Å². The van der Waals surface area contributed by atoms with Crippen LogP contribution in [0.2, 0.25) is 0 Å². The van der Waals surface area contributed by atoms with Crippen molar-refractivity contribution in [2.24, 2.45) is 0 Å². The number of hydrogen-bond acceptors (Lipinski definition) is 5. The number of furan rings is 1. The molecule has 0 N–H and O–H groups in total. The van der Waals surface area contributed by atoms with Gasteiger partial charge in [-0.15, -0.1) is 0 Å². The number of benzene rings is 12. The molecule has 0 aliphatic carbocycles. The minimum atomic E-state index is -0.202. The van der Waals surface area contributed by atoms with Crippen LogP contribution in [-0.2, 0) is 16.2 Å². The van der Waals surface area contributed by atoms with Gasteiger partial charge in [0.25, 0.3) is 6.71 Å². The predicted molar refractivity (Wildman–Crippen MR) is 388 cm³/mol. The van der Waals surface area contributed by atoms with E-state index in [0.29, 0.717) is 0 Å². The maximum absolute atomic E-state index is 6.50. The van der Waals surface area contributed by atoms with Gasteiger partial charge in [-0.2, -0.15) is 0 Å². The summed E-state index contributed by atoms with van der Waals surface area (Å²) in [6, 6.07) is 102. The average molecular weight is 1180 g/mol. The van der Waals surface area contributed by atoms with Crippen LogP contribution in [-0.4, -0.2) is 11.3 Å². The van der Waals surface area contributed by atoms with Crippen molar-refractivity contribution < 1.29 is 4.42 Å². The Morgan fingerprint density at radius 3 is 1.32 bits per heavy atom. The number of fused-ring (bicyclic) bond motifs is 10. The number of nitrogens with zero attached hydrogens (tertiary/aromatic N) is 5. The number of aromatic nitrogens is 1. The van der Waals surface area contributed by atoms with Crippen LogP contribution < -0.4 is 36.0 Å². The van der Waals surface area contributed by atoms with Crippen LogP contribution in [0.3, 0.4) is 0 Å². The topological polar surface area (TPSA) is 31.0 Å². The lowest BCUT2D eigenvalue weighted by molar-refractivity contribution is 0.590. The van der Waals surface area contributed by atoms with Gasteiger partial charge < -0.3 is 28.6 Å².